The molecule has 2 aromatic carbocycles. The van der Waals surface area contributed by atoms with Crippen LogP contribution in [0.25, 0.3) is 10.8 Å². The number of aryl methyl sites for hydroxylation is 1. The van der Waals surface area contributed by atoms with Crippen molar-refractivity contribution < 1.29 is 28.5 Å². The van der Waals surface area contributed by atoms with E-state index in [1.165, 1.54) is 0 Å². The van der Waals surface area contributed by atoms with E-state index >= 15 is 0 Å². The Morgan fingerprint density at radius 1 is 0.889 bits per heavy atom. The predicted octanol–water partition coefficient (Wildman–Crippen LogP) is 3.36. The van der Waals surface area contributed by atoms with Gasteiger partial charge in [0.15, 0.2) is 0 Å². The van der Waals surface area contributed by atoms with E-state index in [1.807, 2.05) is 37.3 Å². The fourth-order valence-electron chi connectivity index (χ4n) is 2.37. The summed E-state index contributed by atoms with van der Waals surface area (Å²) in [6.07, 6.45) is 2.22. The highest BCUT2D eigenvalue weighted by Gasteiger charge is 2.09. The van der Waals surface area contributed by atoms with Gasteiger partial charge in [-0.1, -0.05) is 31.4 Å². The summed E-state index contributed by atoms with van der Waals surface area (Å²) in [5.74, 6) is 0.359. The SMILES string of the molecule is C=CC(=O)OCCOc1ccc2ccc(C)c(OCCOC(=O)C=C)c2c1. The number of benzene rings is 2. The lowest BCUT2D eigenvalue weighted by Gasteiger charge is -2.14. The number of esters is 2. The molecule has 6 heteroatoms. The number of fused-ring (bicyclic) bond motifs is 1. The van der Waals surface area contributed by atoms with Crippen LogP contribution in [0.2, 0.25) is 0 Å². The number of rotatable bonds is 10. The first-order valence-electron chi connectivity index (χ1n) is 8.42. The van der Waals surface area contributed by atoms with Gasteiger partial charge in [0.25, 0.3) is 0 Å². The Morgan fingerprint density at radius 3 is 2.11 bits per heavy atom. The van der Waals surface area contributed by atoms with Crippen LogP contribution in [0.15, 0.2) is 55.6 Å². The van der Waals surface area contributed by atoms with E-state index < -0.39 is 11.9 Å². The van der Waals surface area contributed by atoms with Gasteiger partial charge in [-0.3, -0.25) is 0 Å². The van der Waals surface area contributed by atoms with Crippen molar-refractivity contribution in [2.75, 3.05) is 26.4 Å². The van der Waals surface area contributed by atoms with Crippen molar-refractivity contribution in [1.82, 2.24) is 0 Å². The number of carbonyl (C=O) groups is 2. The fourth-order valence-corrected chi connectivity index (χ4v) is 2.37. The second-order valence-electron chi connectivity index (χ2n) is 5.53. The third-order valence-corrected chi connectivity index (χ3v) is 3.64. The van der Waals surface area contributed by atoms with Gasteiger partial charge >= 0.3 is 11.9 Å². The molecule has 0 unspecified atom stereocenters. The molecule has 0 aliphatic carbocycles. The van der Waals surface area contributed by atoms with E-state index in [2.05, 4.69) is 13.2 Å². The molecule has 0 fully saturated rings. The zero-order chi connectivity index (χ0) is 19.6. The first-order valence-corrected chi connectivity index (χ1v) is 8.42. The maximum absolute atomic E-state index is 11.1. The first-order chi connectivity index (χ1) is 13.0. The summed E-state index contributed by atoms with van der Waals surface area (Å²) in [7, 11) is 0. The number of hydrogen-bond donors (Lipinski definition) is 0. The van der Waals surface area contributed by atoms with Crippen molar-refractivity contribution in [2.24, 2.45) is 0 Å². The molecule has 0 amide bonds. The van der Waals surface area contributed by atoms with E-state index in [0.29, 0.717) is 11.5 Å². The highest BCUT2D eigenvalue weighted by atomic mass is 16.6. The minimum absolute atomic E-state index is 0.130. The van der Waals surface area contributed by atoms with Crippen LogP contribution in [0.1, 0.15) is 5.56 Å². The van der Waals surface area contributed by atoms with Crippen LogP contribution in [0, 0.1) is 6.92 Å². The molecular weight excluding hydrogens is 348 g/mol. The molecule has 2 aromatic rings. The average Bonchev–Trinajstić information content (AvgIpc) is 2.69. The second-order valence-corrected chi connectivity index (χ2v) is 5.53. The van der Waals surface area contributed by atoms with Gasteiger partial charge in [-0.25, -0.2) is 9.59 Å². The minimum Gasteiger partial charge on any atom is -0.490 e. The van der Waals surface area contributed by atoms with Crippen LogP contribution in [0.3, 0.4) is 0 Å². The maximum Gasteiger partial charge on any atom is 0.330 e. The number of ether oxygens (including phenoxy) is 4. The van der Waals surface area contributed by atoms with E-state index in [0.717, 1.165) is 28.5 Å². The van der Waals surface area contributed by atoms with Gasteiger partial charge in [0.2, 0.25) is 0 Å². The molecular formula is C21H22O6. The second kappa shape index (κ2) is 10.0. The molecule has 0 spiro atoms. The Morgan fingerprint density at radius 2 is 1.48 bits per heavy atom. The predicted molar refractivity (Wildman–Crippen MR) is 102 cm³/mol. The van der Waals surface area contributed by atoms with Gasteiger partial charge in [0.1, 0.15) is 37.9 Å². The molecule has 27 heavy (non-hydrogen) atoms. The van der Waals surface area contributed by atoms with Crippen molar-refractivity contribution in [3.8, 4) is 11.5 Å². The van der Waals surface area contributed by atoms with E-state index in [9.17, 15) is 9.59 Å². The Kier molecular flexibility index (Phi) is 7.43. The molecule has 6 nitrogen and oxygen atoms in total. The molecule has 0 bridgehead atoms. The van der Waals surface area contributed by atoms with Gasteiger partial charge in [-0.15, -0.1) is 0 Å². The quantitative estimate of drug-likeness (QED) is 0.363. The number of carbonyl (C=O) groups excluding carboxylic acids is 2. The third-order valence-electron chi connectivity index (χ3n) is 3.64. The molecule has 0 atom stereocenters. The summed E-state index contributed by atoms with van der Waals surface area (Å²) in [4.78, 5) is 22.1. The normalized spacial score (nSPS) is 10.1. The van der Waals surface area contributed by atoms with Crippen molar-refractivity contribution >= 4 is 22.7 Å². The van der Waals surface area contributed by atoms with Crippen LogP contribution >= 0.6 is 0 Å². The average molecular weight is 370 g/mol. The Balaban J connectivity index is 2.05. The standard InChI is InChI=1S/C21H22O6/c1-4-19(22)25-11-10-24-17-9-8-16-7-6-15(3)21(18(16)14-17)27-13-12-26-20(23)5-2/h4-9,14H,1-2,10-13H2,3H3. The Labute approximate surface area is 158 Å². The van der Waals surface area contributed by atoms with Gasteiger partial charge < -0.3 is 18.9 Å². The van der Waals surface area contributed by atoms with Crippen LogP contribution in [-0.4, -0.2) is 38.4 Å². The summed E-state index contributed by atoms with van der Waals surface area (Å²) in [5, 5.41) is 1.87. The molecule has 0 N–H and O–H groups in total. The summed E-state index contributed by atoms with van der Waals surface area (Å²) in [5.41, 5.74) is 0.953. The largest absolute Gasteiger partial charge is 0.490 e. The minimum atomic E-state index is -0.486. The van der Waals surface area contributed by atoms with Gasteiger partial charge in [0.05, 0.1) is 0 Å². The molecule has 0 radical (unpaired) electrons. The fraction of sp³-hybridized carbons (Fsp3) is 0.238. The molecule has 0 aliphatic heterocycles. The summed E-state index contributed by atoms with van der Waals surface area (Å²) in [6, 6.07) is 9.57. The Hall–Kier alpha value is -3.28. The highest BCUT2D eigenvalue weighted by molar-refractivity contribution is 5.90. The zero-order valence-corrected chi connectivity index (χ0v) is 15.2. The Bertz CT molecular complexity index is 840. The topological polar surface area (TPSA) is 71.1 Å². The van der Waals surface area contributed by atoms with Crippen LogP contribution in [-0.2, 0) is 19.1 Å². The van der Waals surface area contributed by atoms with E-state index in [1.54, 1.807) is 0 Å². The zero-order valence-electron chi connectivity index (χ0n) is 15.2. The van der Waals surface area contributed by atoms with Crippen molar-refractivity contribution in [3.63, 3.8) is 0 Å². The smallest absolute Gasteiger partial charge is 0.330 e. The lowest BCUT2D eigenvalue weighted by Crippen LogP contribution is -2.11. The van der Waals surface area contributed by atoms with E-state index in [-0.39, 0.29) is 26.4 Å². The molecule has 0 aromatic heterocycles. The van der Waals surface area contributed by atoms with Crippen LogP contribution in [0.4, 0.5) is 0 Å². The summed E-state index contributed by atoms with van der Waals surface area (Å²) in [6.45, 7) is 9.33. The number of hydrogen-bond acceptors (Lipinski definition) is 6. The molecule has 142 valence electrons. The lowest BCUT2D eigenvalue weighted by atomic mass is 10.1. The van der Waals surface area contributed by atoms with Crippen LogP contribution < -0.4 is 9.47 Å². The van der Waals surface area contributed by atoms with Crippen molar-refractivity contribution in [3.05, 3.63) is 61.2 Å². The summed E-state index contributed by atoms with van der Waals surface area (Å²) >= 11 is 0. The highest BCUT2D eigenvalue weighted by Crippen LogP contribution is 2.32. The van der Waals surface area contributed by atoms with Crippen molar-refractivity contribution in [1.29, 1.82) is 0 Å². The third kappa shape index (κ3) is 5.88. The molecule has 0 saturated heterocycles. The van der Waals surface area contributed by atoms with Gasteiger partial charge in [0, 0.05) is 17.5 Å². The molecule has 0 heterocycles. The van der Waals surface area contributed by atoms with Gasteiger partial charge in [-0.2, -0.15) is 0 Å². The van der Waals surface area contributed by atoms with Crippen LogP contribution in [0.5, 0.6) is 11.5 Å². The molecule has 0 aliphatic rings. The van der Waals surface area contributed by atoms with E-state index in [4.69, 9.17) is 18.9 Å². The van der Waals surface area contributed by atoms with Crippen molar-refractivity contribution in [2.45, 2.75) is 6.92 Å². The van der Waals surface area contributed by atoms with Gasteiger partial charge in [-0.05, 0) is 30.0 Å². The summed E-state index contributed by atoms with van der Waals surface area (Å²) < 4.78 is 21.3. The molecule has 0 saturated carbocycles. The monoisotopic (exact) mass is 370 g/mol. The molecule has 2 rings (SSSR count). The lowest BCUT2D eigenvalue weighted by molar-refractivity contribution is -0.139. The maximum atomic E-state index is 11.1. The first kappa shape index (κ1) is 20.0.